The average molecular weight is 361 g/mol. The van der Waals surface area contributed by atoms with Crippen LogP contribution in [0.25, 0.3) is 10.1 Å². The zero-order chi connectivity index (χ0) is 14.8. The van der Waals surface area contributed by atoms with Crippen molar-refractivity contribution in [2.75, 3.05) is 5.73 Å². The van der Waals surface area contributed by atoms with Crippen molar-refractivity contribution in [3.8, 4) is 0 Å². The van der Waals surface area contributed by atoms with E-state index in [4.69, 9.17) is 5.73 Å². The van der Waals surface area contributed by atoms with Crippen LogP contribution in [0.3, 0.4) is 0 Å². The molecule has 2 aromatic carbocycles. The number of hydrogen-bond acceptors (Lipinski definition) is 3. The lowest BCUT2D eigenvalue weighted by atomic mass is 10.2. The van der Waals surface area contributed by atoms with Crippen molar-refractivity contribution in [2.24, 2.45) is 0 Å². The highest BCUT2D eigenvalue weighted by molar-refractivity contribution is 9.10. The number of nitrogen functional groups attached to an aromatic ring is 1. The first-order chi connectivity index (χ1) is 10.1. The molecule has 0 radical (unpaired) electrons. The SMILES string of the molecule is Nc1ccc2sc(C(=O)NCc3cccc(Br)c3)cc2c1. The topological polar surface area (TPSA) is 55.1 Å². The van der Waals surface area contributed by atoms with E-state index >= 15 is 0 Å². The van der Waals surface area contributed by atoms with E-state index in [1.165, 1.54) is 11.3 Å². The van der Waals surface area contributed by atoms with Gasteiger partial charge >= 0.3 is 0 Å². The highest BCUT2D eigenvalue weighted by atomic mass is 79.9. The molecule has 0 unspecified atom stereocenters. The van der Waals surface area contributed by atoms with E-state index in [9.17, 15) is 4.79 Å². The Kier molecular flexibility index (Phi) is 3.94. The molecular weight excluding hydrogens is 348 g/mol. The number of rotatable bonds is 3. The zero-order valence-electron chi connectivity index (χ0n) is 11.1. The summed E-state index contributed by atoms with van der Waals surface area (Å²) in [5.41, 5.74) is 7.53. The molecule has 3 N–H and O–H groups in total. The van der Waals surface area contributed by atoms with E-state index in [-0.39, 0.29) is 5.91 Å². The highest BCUT2D eigenvalue weighted by Gasteiger charge is 2.10. The van der Waals surface area contributed by atoms with Gasteiger partial charge in [0.2, 0.25) is 0 Å². The molecule has 0 aliphatic rings. The van der Waals surface area contributed by atoms with Crippen molar-refractivity contribution in [3.05, 3.63) is 63.4 Å². The third-order valence-corrected chi connectivity index (χ3v) is 4.71. The van der Waals surface area contributed by atoms with Crippen LogP contribution in [-0.4, -0.2) is 5.91 Å². The van der Waals surface area contributed by atoms with Gasteiger partial charge in [-0.2, -0.15) is 0 Å². The van der Waals surface area contributed by atoms with Crippen LogP contribution in [0.2, 0.25) is 0 Å². The lowest BCUT2D eigenvalue weighted by molar-refractivity contribution is 0.0955. The Balaban J connectivity index is 1.74. The van der Waals surface area contributed by atoms with Crippen LogP contribution < -0.4 is 11.1 Å². The minimum Gasteiger partial charge on any atom is -0.399 e. The second-order valence-electron chi connectivity index (χ2n) is 4.72. The number of fused-ring (bicyclic) bond motifs is 1. The summed E-state index contributed by atoms with van der Waals surface area (Å²) >= 11 is 4.90. The first-order valence-corrected chi connectivity index (χ1v) is 8.04. The highest BCUT2D eigenvalue weighted by Crippen LogP contribution is 2.27. The fraction of sp³-hybridized carbons (Fsp3) is 0.0625. The maximum Gasteiger partial charge on any atom is 0.261 e. The first-order valence-electron chi connectivity index (χ1n) is 6.43. The Hall–Kier alpha value is -1.85. The third kappa shape index (κ3) is 3.25. The van der Waals surface area contributed by atoms with E-state index in [0.717, 1.165) is 20.1 Å². The van der Waals surface area contributed by atoms with Crippen molar-refractivity contribution >= 4 is 48.9 Å². The summed E-state index contributed by atoms with van der Waals surface area (Å²) < 4.78 is 2.07. The maximum absolute atomic E-state index is 12.2. The number of amides is 1. The Bertz CT molecular complexity index is 813. The van der Waals surface area contributed by atoms with Crippen LogP contribution in [0, 0.1) is 0 Å². The molecule has 0 aliphatic heterocycles. The largest absolute Gasteiger partial charge is 0.399 e. The number of thiophene rings is 1. The fourth-order valence-corrected chi connectivity index (χ4v) is 3.50. The molecule has 1 amide bonds. The summed E-state index contributed by atoms with van der Waals surface area (Å²) in [4.78, 5) is 12.9. The van der Waals surface area contributed by atoms with Gasteiger partial charge in [-0.05, 0) is 47.3 Å². The molecule has 0 saturated heterocycles. The number of nitrogens with two attached hydrogens (primary N) is 1. The number of anilines is 1. The van der Waals surface area contributed by atoms with Crippen molar-refractivity contribution in [1.82, 2.24) is 5.32 Å². The molecule has 0 aliphatic carbocycles. The molecule has 0 saturated carbocycles. The molecule has 0 spiro atoms. The molecule has 106 valence electrons. The number of carbonyl (C=O) groups excluding carboxylic acids is 1. The molecule has 3 nitrogen and oxygen atoms in total. The number of nitrogens with one attached hydrogen (secondary N) is 1. The minimum atomic E-state index is -0.0604. The lowest BCUT2D eigenvalue weighted by Crippen LogP contribution is -2.21. The standard InChI is InChI=1S/C16H13BrN2OS/c17-12-3-1-2-10(6-12)9-19-16(20)15-8-11-7-13(18)4-5-14(11)21-15/h1-8H,9,18H2,(H,19,20). The zero-order valence-corrected chi connectivity index (χ0v) is 13.5. The van der Waals surface area contributed by atoms with E-state index in [1.807, 2.05) is 48.5 Å². The molecule has 3 rings (SSSR count). The van der Waals surface area contributed by atoms with Crippen molar-refractivity contribution in [3.63, 3.8) is 0 Å². The van der Waals surface area contributed by atoms with Crippen LogP contribution >= 0.6 is 27.3 Å². The van der Waals surface area contributed by atoms with Gasteiger partial charge in [-0.15, -0.1) is 11.3 Å². The Morgan fingerprint density at radius 3 is 2.86 bits per heavy atom. The summed E-state index contributed by atoms with van der Waals surface area (Å²) in [7, 11) is 0. The summed E-state index contributed by atoms with van der Waals surface area (Å²) in [5.74, 6) is -0.0604. The number of carbonyl (C=O) groups is 1. The third-order valence-electron chi connectivity index (χ3n) is 3.11. The lowest BCUT2D eigenvalue weighted by Gasteiger charge is -2.04. The van der Waals surface area contributed by atoms with Crippen molar-refractivity contribution < 1.29 is 4.79 Å². The summed E-state index contributed by atoms with van der Waals surface area (Å²) in [6.07, 6.45) is 0. The van der Waals surface area contributed by atoms with Crippen LogP contribution in [0.1, 0.15) is 15.2 Å². The van der Waals surface area contributed by atoms with Crippen LogP contribution in [0.15, 0.2) is 53.0 Å². The summed E-state index contributed by atoms with van der Waals surface area (Å²) in [6.45, 7) is 0.509. The van der Waals surface area contributed by atoms with Gasteiger partial charge in [-0.25, -0.2) is 0 Å². The summed E-state index contributed by atoms with van der Waals surface area (Å²) in [5, 5.41) is 3.94. The van der Waals surface area contributed by atoms with E-state index in [1.54, 1.807) is 0 Å². The second kappa shape index (κ2) is 5.87. The molecule has 0 atom stereocenters. The number of benzene rings is 2. The quantitative estimate of drug-likeness (QED) is 0.688. The van der Waals surface area contributed by atoms with Gasteiger partial charge in [0.05, 0.1) is 4.88 Å². The van der Waals surface area contributed by atoms with Crippen LogP contribution in [0.5, 0.6) is 0 Å². The van der Waals surface area contributed by atoms with Gasteiger partial charge < -0.3 is 11.1 Å². The molecule has 3 aromatic rings. The Morgan fingerprint density at radius 2 is 2.05 bits per heavy atom. The van der Waals surface area contributed by atoms with Crippen molar-refractivity contribution in [2.45, 2.75) is 6.54 Å². The van der Waals surface area contributed by atoms with Crippen LogP contribution in [-0.2, 0) is 6.54 Å². The molecule has 5 heteroatoms. The van der Waals surface area contributed by atoms with Gasteiger partial charge in [0.15, 0.2) is 0 Å². The minimum absolute atomic E-state index is 0.0604. The molecule has 0 bridgehead atoms. The van der Waals surface area contributed by atoms with Gasteiger partial charge in [-0.1, -0.05) is 28.1 Å². The second-order valence-corrected chi connectivity index (χ2v) is 6.72. The van der Waals surface area contributed by atoms with Gasteiger partial charge in [-0.3, -0.25) is 4.79 Å². The Morgan fingerprint density at radius 1 is 1.19 bits per heavy atom. The maximum atomic E-state index is 12.2. The van der Waals surface area contributed by atoms with Gasteiger partial charge in [0, 0.05) is 21.4 Å². The van der Waals surface area contributed by atoms with E-state index in [0.29, 0.717) is 17.1 Å². The van der Waals surface area contributed by atoms with Gasteiger partial charge in [0.25, 0.3) is 5.91 Å². The Labute approximate surface area is 134 Å². The van der Waals surface area contributed by atoms with Gasteiger partial charge in [0.1, 0.15) is 0 Å². The number of halogens is 1. The number of hydrogen-bond donors (Lipinski definition) is 2. The predicted molar refractivity (Wildman–Crippen MR) is 91.5 cm³/mol. The monoisotopic (exact) mass is 360 g/mol. The summed E-state index contributed by atoms with van der Waals surface area (Å²) in [6, 6.07) is 15.4. The molecule has 0 fully saturated rings. The molecule has 1 heterocycles. The molecule has 1 aromatic heterocycles. The molecular formula is C16H13BrN2OS. The fourth-order valence-electron chi connectivity index (χ4n) is 2.09. The van der Waals surface area contributed by atoms with Crippen molar-refractivity contribution in [1.29, 1.82) is 0 Å². The smallest absolute Gasteiger partial charge is 0.261 e. The van der Waals surface area contributed by atoms with Crippen LogP contribution in [0.4, 0.5) is 5.69 Å². The molecule has 21 heavy (non-hydrogen) atoms. The average Bonchev–Trinajstić information content (AvgIpc) is 2.88. The normalized spacial score (nSPS) is 10.7. The first kappa shape index (κ1) is 14.1. The van der Waals surface area contributed by atoms with E-state index in [2.05, 4.69) is 21.2 Å². The predicted octanol–water partition coefficient (Wildman–Crippen LogP) is 4.18. The van der Waals surface area contributed by atoms with E-state index < -0.39 is 0 Å².